The van der Waals surface area contributed by atoms with Gasteiger partial charge in [-0.15, -0.1) is 0 Å². The lowest BCUT2D eigenvalue weighted by molar-refractivity contribution is 0.101. The molecule has 1 aromatic carbocycles. The van der Waals surface area contributed by atoms with Crippen LogP contribution in [0.2, 0.25) is 5.02 Å². The van der Waals surface area contributed by atoms with Gasteiger partial charge in [0.25, 0.3) is 0 Å². The van der Waals surface area contributed by atoms with Gasteiger partial charge in [-0.3, -0.25) is 4.79 Å². The quantitative estimate of drug-likeness (QED) is 0.730. The lowest BCUT2D eigenvalue weighted by Crippen LogP contribution is -2.34. The average Bonchev–Trinajstić information content (AvgIpc) is 3.37. The van der Waals surface area contributed by atoms with Gasteiger partial charge in [0.1, 0.15) is 22.2 Å². The number of aromatic nitrogens is 2. The molecule has 0 radical (unpaired) electrons. The van der Waals surface area contributed by atoms with Crippen molar-refractivity contribution in [3.63, 3.8) is 0 Å². The van der Waals surface area contributed by atoms with Gasteiger partial charge in [0.05, 0.1) is 13.2 Å². The Morgan fingerprint density at radius 1 is 1.14 bits per heavy atom. The molecule has 3 atom stereocenters. The van der Waals surface area contributed by atoms with E-state index in [0.29, 0.717) is 47.1 Å². The first kappa shape index (κ1) is 18.8. The maximum atomic E-state index is 12.7. The predicted octanol–water partition coefficient (Wildman–Crippen LogP) is 3.51. The Kier molecular flexibility index (Phi) is 5.02. The van der Waals surface area contributed by atoms with Gasteiger partial charge in [0.15, 0.2) is 5.78 Å². The number of hydrogen-bond acceptors (Lipinski definition) is 5. The summed E-state index contributed by atoms with van der Waals surface area (Å²) in [4.78, 5) is 25.8. The Morgan fingerprint density at radius 2 is 1.82 bits per heavy atom. The molecule has 1 saturated heterocycles. The highest BCUT2D eigenvalue weighted by Crippen LogP contribution is 2.42. The van der Waals surface area contributed by atoms with Gasteiger partial charge < -0.3 is 14.4 Å². The highest BCUT2D eigenvalue weighted by atomic mass is 35.5. The van der Waals surface area contributed by atoms with Crippen molar-refractivity contribution >= 4 is 23.4 Å². The van der Waals surface area contributed by atoms with E-state index in [9.17, 15) is 9.59 Å². The van der Waals surface area contributed by atoms with Crippen molar-refractivity contribution < 1.29 is 19.1 Å². The SMILES string of the molecule is COc1cccc(O[C@H]2C[C@@H]3CN(C(=O)n4ccc(C(C)=O)n4)C[C@@H]3C2)c1Cl. The molecule has 1 saturated carbocycles. The largest absolute Gasteiger partial charge is 0.495 e. The molecule has 1 aliphatic carbocycles. The number of benzene rings is 1. The molecule has 0 N–H and O–H groups in total. The molecular weight excluding hydrogens is 382 g/mol. The van der Waals surface area contributed by atoms with Crippen molar-refractivity contribution in [1.82, 2.24) is 14.7 Å². The second-order valence-electron chi connectivity index (χ2n) is 7.39. The fourth-order valence-corrected chi connectivity index (χ4v) is 4.43. The monoisotopic (exact) mass is 403 g/mol. The van der Waals surface area contributed by atoms with Crippen LogP contribution in [0.1, 0.15) is 30.3 Å². The van der Waals surface area contributed by atoms with E-state index >= 15 is 0 Å². The number of fused-ring (bicyclic) bond motifs is 1. The van der Waals surface area contributed by atoms with Crippen LogP contribution in [0.3, 0.4) is 0 Å². The molecule has 7 nitrogen and oxygen atoms in total. The minimum Gasteiger partial charge on any atom is -0.495 e. The number of halogens is 1. The van der Waals surface area contributed by atoms with E-state index in [0.717, 1.165) is 12.8 Å². The number of Topliss-reactive ketones (excluding diaryl/α,β-unsaturated/α-hetero) is 1. The van der Waals surface area contributed by atoms with Gasteiger partial charge in [0.2, 0.25) is 0 Å². The average molecular weight is 404 g/mol. The van der Waals surface area contributed by atoms with Crippen LogP contribution in [-0.4, -0.2) is 52.8 Å². The number of ether oxygens (including phenoxy) is 2. The second kappa shape index (κ2) is 7.47. The maximum absolute atomic E-state index is 12.7. The molecule has 0 spiro atoms. The maximum Gasteiger partial charge on any atom is 0.344 e. The highest BCUT2D eigenvalue weighted by molar-refractivity contribution is 6.33. The van der Waals surface area contributed by atoms with Crippen LogP contribution in [0.4, 0.5) is 4.79 Å². The first-order valence-electron chi connectivity index (χ1n) is 9.31. The number of amides is 1. The van der Waals surface area contributed by atoms with E-state index in [1.165, 1.54) is 11.6 Å². The Hall–Kier alpha value is -2.54. The van der Waals surface area contributed by atoms with Gasteiger partial charge in [0, 0.05) is 26.2 Å². The van der Waals surface area contributed by atoms with E-state index in [4.69, 9.17) is 21.1 Å². The molecule has 8 heteroatoms. The summed E-state index contributed by atoms with van der Waals surface area (Å²) < 4.78 is 12.6. The van der Waals surface area contributed by atoms with Gasteiger partial charge in [-0.2, -0.15) is 9.78 Å². The summed E-state index contributed by atoms with van der Waals surface area (Å²) in [5.74, 6) is 1.86. The minimum atomic E-state index is -0.185. The van der Waals surface area contributed by atoms with Crippen LogP contribution in [-0.2, 0) is 0 Å². The molecule has 1 aromatic heterocycles. The smallest absolute Gasteiger partial charge is 0.344 e. The summed E-state index contributed by atoms with van der Waals surface area (Å²) in [6, 6.07) is 6.89. The van der Waals surface area contributed by atoms with E-state index in [2.05, 4.69) is 5.10 Å². The number of carbonyl (C=O) groups is 2. The molecule has 2 aliphatic rings. The fraction of sp³-hybridized carbons (Fsp3) is 0.450. The van der Waals surface area contributed by atoms with Crippen LogP contribution in [0.5, 0.6) is 11.5 Å². The molecule has 2 heterocycles. The summed E-state index contributed by atoms with van der Waals surface area (Å²) in [7, 11) is 1.58. The summed E-state index contributed by atoms with van der Waals surface area (Å²) in [6.07, 6.45) is 3.37. The number of hydrogen-bond donors (Lipinski definition) is 0. The molecular formula is C20H22ClN3O4. The number of nitrogens with zero attached hydrogens (tertiary/aromatic N) is 3. The molecule has 28 heavy (non-hydrogen) atoms. The van der Waals surface area contributed by atoms with Crippen LogP contribution >= 0.6 is 11.6 Å². The Bertz CT molecular complexity index is 899. The first-order chi connectivity index (χ1) is 13.5. The Morgan fingerprint density at radius 3 is 2.43 bits per heavy atom. The molecule has 4 rings (SSSR count). The third-order valence-electron chi connectivity index (χ3n) is 5.57. The summed E-state index contributed by atoms with van der Waals surface area (Å²) >= 11 is 6.33. The third kappa shape index (κ3) is 3.46. The standard InChI is InChI=1S/C20H22ClN3O4/c1-12(25)16-6-7-24(22-16)20(26)23-10-13-8-15(9-14(13)11-23)28-18-5-3-4-17(27-2)19(18)21/h3-7,13-15H,8-11H2,1-2H3/t13-,14+,15+. The molecule has 0 unspecified atom stereocenters. The van der Waals surface area contributed by atoms with Crippen molar-refractivity contribution in [2.24, 2.45) is 11.8 Å². The van der Waals surface area contributed by atoms with E-state index in [1.54, 1.807) is 30.3 Å². The van der Waals surface area contributed by atoms with E-state index < -0.39 is 0 Å². The Balaban J connectivity index is 1.37. The molecule has 148 valence electrons. The summed E-state index contributed by atoms with van der Waals surface area (Å²) in [6.45, 7) is 2.78. The zero-order chi connectivity index (χ0) is 19.8. The fourth-order valence-electron chi connectivity index (χ4n) is 4.18. The molecule has 1 amide bonds. The number of likely N-dealkylation sites (tertiary alicyclic amines) is 1. The lowest BCUT2D eigenvalue weighted by atomic mass is 10.0. The van der Waals surface area contributed by atoms with Crippen molar-refractivity contribution in [2.45, 2.75) is 25.9 Å². The number of ketones is 1. The highest BCUT2D eigenvalue weighted by Gasteiger charge is 2.43. The zero-order valence-corrected chi connectivity index (χ0v) is 16.6. The number of carbonyl (C=O) groups excluding carboxylic acids is 2. The number of methoxy groups -OCH3 is 1. The van der Waals surface area contributed by atoms with Crippen LogP contribution < -0.4 is 9.47 Å². The van der Waals surface area contributed by atoms with Gasteiger partial charge >= 0.3 is 6.03 Å². The normalized spacial score (nSPS) is 23.5. The Labute approximate surface area is 168 Å². The van der Waals surface area contributed by atoms with Gasteiger partial charge in [-0.05, 0) is 42.9 Å². The van der Waals surface area contributed by atoms with Crippen LogP contribution in [0.25, 0.3) is 0 Å². The van der Waals surface area contributed by atoms with Crippen LogP contribution in [0, 0.1) is 11.8 Å². The molecule has 0 bridgehead atoms. The minimum absolute atomic E-state index is 0.0749. The van der Waals surface area contributed by atoms with E-state index in [-0.39, 0.29) is 17.9 Å². The number of rotatable bonds is 4. The van der Waals surface area contributed by atoms with Crippen LogP contribution in [0.15, 0.2) is 30.5 Å². The molecule has 2 aromatic rings. The van der Waals surface area contributed by atoms with E-state index in [1.807, 2.05) is 12.1 Å². The van der Waals surface area contributed by atoms with Crippen molar-refractivity contribution in [1.29, 1.82) is 0 Å². The van der Waals surface area contributed by atoms with Gasteiger partial charge in [-0.25, -0.2) is 4.79 Å². The first-order valence-corrected chi connectivity index (χ1v) is 9.69. The summed E-state index contributed by atoms with van der Waals surface area (Å²) in [5, 5.41) is 4.55. The topological polar surface area (TPSA) is 73.7 Å². The van der Waals surface area contributed by atoms with Gasteiger partial charge in [-0.1, -0.05) is 17.7 Å². The van der Waals surface area contributed by atoms with Crippen molar-refractivity contribution in [3.05, 3.63) is 41.2 Å². The summed E-state index contributed by atoms with van der Waals surface area (Å²) in [5.41, 5.74) is 0.302. The third-order valence-corrected chi connectivity index (χ3v) is 5.94. The second-order valence-corrected chi connectivity index (χ2v) is 7.77. The molecule has 1 aliphatic heterocycles. The van der Waals surface area contributed by atoms with Crippen molar-refractivity contribution in [2.75, 3.05) is 20.2 Å². The predicted molar refractivity (Wildman–Crippen MR) is 103 cm³/mol. The zero-order valence-electron chi connectivity index (χ0n) is 15.8. The lowest BCUT2D eigenvalue weighted by Gasteiger charge is -2.20. The van der Waals surface area contributed by atoms with Crippen molar-refractivity contribution in [3.8, 4) is 11.5 Å². The molecule has 2 fully saturated rings.